The summed E-state index contributed by atoms with van der Waals surface area (Å²) in [5.41, 5.74) is 2.99. The summed E-state index contributed by atoms with van der Waals surface area (Å²) in [5, 5.41) is 0.0548. The monoisotopic (exact) mass is 410 g/mol. The van der Waals surface area contributed by atoms with Crippen molar-refractivity contribution in [3.05, 3.63) is 41.3 Å². The number of pyridine rings is 2. The molecule has 2 aliphatic rings. The van der Waals surface area contributed by atoms with Crippen LogP contribution in [-0.4, -0.2) is 58.0 Å². The maximum Gasteiger partial charge on any atom is 0.257 e. The minimum Gasteiger partial charge on any atom is -0.493 e. The van der Waals surface area contributed by atoms with Crippen LogP contribution in [-0.2, 0) is 0 Å². The Labute approximate surface area is 176 Å². The van der Waals surface area contributed by atoms with Crippen molar-refractivity contribution in [3.63, 3.8) is 0 Å². The molecule has 0 aliphatic carbocycles. The van der Waals surface area contributed by atoms with Crippen LogP contribution in [0.25, 0.3) is 0 Å². The van der Waals surface area contributed by atoms with Crippen LogP contribution in [0, 0.1) is 13.8 Å². The molecule has 7 heteroatoms. The Balaban J connectivity index is 1.33. The van der Waals surface area contributed by atoms with E-state index >= 15 is 0 Å². The Kier molecular flexibility index (Phi) is 5.78. The number of hydrogen-bond donors (Lipinski definition) is 0. The van der Waals surface area contributed by atoms with Gasteiger partial charge in [0.25, 0.3) is 5.88 Å². The SMILES string of the molecule is Cc1cc(OCC[C@@]2([Si])CCN(C(C)c3ccc4c(n3)OCCO4)C2)cc(C)n1. The first-order chi connectivity index (χ1) is 13.9. The van der Waals surface area contributed by atoms with Crippen LogP contribution in [0.1, 0.15) is 42.9 Å². The molecule has 29 heavy (non-hydrogen) atoms. The van der Waals surface area contributed by atoms with Gasteiger partial charge in [0.1, 0.15) is 19.0 Å². The number of rotatable bonds is 6. The first-order valence-electron chi connectivity index (χ1n) is 10.3. The smallest absolute Gasteiger partial charge is 0.257 e. The molecule has 0 amide bonds. The standard InChI is InChI=1S/C22H28N3O3Si/c1-15-12-18(13-16(2)23-15)26-9-7-22(29)6-8-25(14-22)17(3)19-4-5-20-21(24-19)28-11-10-27-20/h4-5,12-13,17H,6-11,14H2,1-3H3/t17?,22-/m0/s1. The molecule has 2 aromatic heterocycles. The van der Waals surface area contributed by atoms with Gasteiger partial charge in [0.05, 0.1) is 12.3 Å². The summed E-state index contributed by atoms with van der Waals surface area (Å²) in [6, 6.07) is 8.21. The Morgan fingerprint density at radius 2 is 1.93 bits per heavy atom. The van der Waals surface area contributed by atoms with Crippen molar-refractivity contribution in [2.75, 3.05) is 32.9 Å². The number of aryl methyl sites for hydroxylation is 2. The van der Waals surface area contributed by atoms with Crippen molar-refractivity contribution >= 4 is 10.2 Å². The second kappa shape index (κ2) is 8.32. The third-order valence-corrected chi connectivity index (χ3v) is 6.35. The van der Waals surface area contributed by atoms with E-state index in [0.29, 0.717) is 25.7 Å². The van der Waals surface area contributed by atoms with Gasteiger partial charge in [0, 0.05) is 46.3 Å². The summed E-state index contributed by atoms with van der Waals surface area (Å²) >= 11 is 0. The third-order valence-electron chi connectivity index (χ3n) is 5.69. The van der Waals surface area contributed by atoms with E-state index < -0.39 is 0 Å². The van der Waals surface area contributed by atoms with Crippen molar-refractivity contribution in [3.8, 4) is 17.4 Å². The summed E-state index contributed by atoms with van der Waals surface area (Å²) in [6.45, 7) is 9.99. The molecule has 0 aromatic carbocycles. The molecule has 1 unspecified atom stereocenters. The normalized spacial score (nSPS) is 22.5. The molecule has 4 rings (SSSR count). The average Bonchev–Trinajstić information content (AvgIpc) is 3.08. The lowest BCUT2D eigenvalue weighted by Crippen LogP contribution is -2.28. The molecule has 0 spiro atoms. The van der Waals surface area contributed by atoms with Gasteiger partial charge in [-0.25, -0.2) is 4.98 Å². The minimum absolute atomic E-state index is 0.0548. The zero-order valence-electron chi connectivity index (χ0n) is 17.4. The average molecular weight is 411 g/mol. The highest BCUT2D eigenvalue weighted by atomic mass is 28.1. The Hall–Kier alpha value is -2.12. The fourth-order valence-corrected chi connectivity index (χ4v) is 4.46. The van der Waals surface area contributed by atoms with Gasteiger partial charge in [0.15, 0.2) is 5.75 Å². The van der Waals surface area contributed by atoms with Gasteiger partial charge in [-0.15, -0.1) is 0 Å². The van der Waals surface area contributed by atoms with Crippen LogP contribution in [0.2, 0.25) is 5.04 Å². The molecular formula is C22H28N3O3Si. The summed E-state index contributed by atoms with van der Waals surface area (Å²) in [6.07, 6.45) is 2.03. The number of hydrogen-bond acceptors (Lipinski definition) is 6. The number of nitrogens with zero attached hydrogens (tertiary/aromatic N) is 3. The van der Waals surface area contributed by atoms with E-state index in [1.807, 2.05) is 38.1 Å². The quantitative estimate of drug-likeness (QED) is 0.680. The molecule has 2 aliphatic heterocycles. The van der Waals surface area contributed by atoms with E-state index in [0.717, 1.165) is 54.5 Å². The highest BCUT2D eigenvalue weighted by Crippen LogP contribution is 2.41. The molecular weight excluding hydrogens is 382 g/mol. The van der Waals surface area contributed by atoms with Crippen LogP contribution >= 0.6 is 0 Å². The van der Waals surface area contributed by atoms with Crippen LogP contribution in [0.4, 0.5) is 0 Å². The lowest BCUT2D eigenvalue weighted by molar-refractivity contribution is 0.162. The molecule has 0 N–H and O–H groups in total. The van der Waals surface area contributed by atoms with Gasteiger partial charge in [0.2, 0.25) is 0 Å². The minimum atomic E-state index is 0.0548. The van der Waals surface area contributed by atoms with Crippen LogP contribution in [0.15, 0.2) is 24.3 Å². The van der Waals surface area contributed by atoms with Gasteiger partial charge in [-0.2, -0.15) is 0 Å². The lowest BCUT2D eigenvalue weighted by atomic mass is 10.0. The maximum atomic E-state index is 6.00. The fourth-order valence-electron chi connectivity index (χ4n) is 4.05. The Morgan fingerprint density at radius 3 is 2.72 bits per heavy atom. The molecule has 1 saturated heterocycles. The highest BCUT2D eigenvalue weighted by Gasteiger charge is 2.36. The van der Waals surface area contributed by atoms with Gasteiger partial charge < -0.3 is 14.2 Å². The van der Waals surface area contributed by atoms with Gasteiger partial charge in [-0.1, -0.05) is 0 Å². The first-order valence-corrected chi connectivity index (χ1v) is 10.8. The molecule has 4 heterocycles. The van der Waals surface area contributed by atoms with E-state index in [2.05, 4.69) is 32.0 Å². The van der Waals surface area contributed by atoms with Crippen molar-refractivity contribution in [2.45, 2.75) is 44.7 Å². The van der Waals surface area contributed by atoms with Crippen molar-refractivity contribution in [1.82, 2.24) is 14.9 Å². The van der Waals surface area contributed by atoms with E-state index in [-0.39, 0.29) is 11.1 Å². The third kappa shape index (κ3) is 4.73. The zero-order chi connectivity index (χ0) is 20.4. The molecule has 0 saturated carbocycles. The van der Waals surface area contributed by atoms with Crippen LogP contribution in [0.5, 0.6) is 17.4 Å². The topological polar surface area (TPSA) is 56.7 Å². The maximum absolute atomic E-state index is 6.00. The van der Waals surface area contributed by atoms with E-state index in [1.165, 1.54) is 0 Å². The molecule has 2 atom stereocenters. The molecule has 2 aromatic rings. The molecule has 6 nitrogen and oxygen atoms in total. The molecule has 1 fully saturated rings. The largest absolute Gasteiger partial charge is 0.493 e. The fraction of sp³-hybridized carbons (Fsp3) is 0.545. The summed E-state index contributed by atoms with van der Waals surface area (Å²) in [4.78, 5) is 11.6. The van der Waals surface area contributed by atoms with E-state index in [9.17, 15) is 0 Å². The van der Waals surface area contributed by atoms with Gasteiger partial charge >= 0.3 is 0 Å². The van der Waals surface area contributed by atoms with Crippen LogP contribution < -0.4 is 14.2 Å². The van der Waals surface area contributed by atoms with Gasteiger partial charge in [-0.3, -0.25) is 9.88 Å². The number of aromatic nitrogens is 2. The summed E-state index contributed by atoms with van der Waals surface area (Å²) in [5.74, 6) is 2.25. The second-order valence-electron chi connectivity index (χ2n) is 8.10. The number of ether oxygens (including phenoxy) is 3. The Bertz CT molecular complexity index is 858. The molecule has 153 valence electrons. The Morgan fingerprint density at radius 1 is 1.17 bits per heavy atom. The summed E-state index contributed by atoms with van der Waals surface area (Å²) in [7, 11) is 4.05. The van der Waals surface area contributed by atoms with Crippen molar-refractivity contribution < 1.29 is 14.2 Å². The van der Waals surface area contributed by atoms with E-state index in [4.69, 9.17) is 14.2 Å². The number of fused-ring (bicyclic) bond motifs is 1. The second-order valence-corrected chi connectivity index (χ2v) is 9.16. The number of likely N-dealkylation sites (tertiary alicyclic amines) is 1. The predicted molar refractivity (Wildman–Crippen MR) is 112 cm³/mol. The zero-order valence-corrected chi connectivity index (χ0v) is 18.4. The van der Waals surface area contributed by atoms with Crippen molar-refractivity contribution in [2.24, 2.45) is 0 Å². The molecule has 0 bridgehead atoms. The predicted octanol–water partition coefficient (Wildman–Crippen LogP) is 3.43. The van der Waals surface area contributed by atoms with Crippen LogP contribution in [0.3, 0.4) is 0 Å². The summed E-state index contributed by atoms with van der Waals surface area (Å²) < 4.78 is 17.2. The van der Waals surface area contributed by atoms with Gasteiger partial charge in [-0.05, 0) is 57.3 Å². The lowest BCUT2D eigenvalue weighted by Gasteiger charge is -2.28. The van der Waals surface area contributed by atoms with E-state index in [1.54, 1.807) is 0 Å². The highest BCUT2D eigenvalue weighted by molar-refractivity contribution is 6.15. The molecule has 3 radical (unpaired) electrons. The first kappa shape index (κ1) is 20.2. The van der Waals surface area contributed by atoms with Crippen molar-refractivity contribution in [1.29, 1.82) is 0 Å².